The number of methoxy groups -OCH3 is 1. The predicted molar refractivity (Wildman–Crippen MR) is 84.0 cm³/mol. The molecule has 0 aromatic carbocycles. The number of hydrogen-bond donors (Lipinski definition) is 1. The predicted octanol–water partition coefficient (Wildman–Crippen LogP) is 2.69. The zero-order valence-electron chi connectivity index (χ0n) is 12.1. The van der Waals surface area contributed by atoms with E-state index in [0.29, 0.717) is 0 Å². The molecule has 0 spiro atoms. The molecule has 1 unspecified atom stereocenters. The Morgan fingerprint density at radius 3 is 3.14 bits per heavy atom. The molecule has 1 N–H and O–H groups in total. The summed E-state index contributed by atoms with van der Waals surface area (Å²) in [4.78, 5) is 9.81. The lowest BCUT2D eigenvalue weighted by Gasteiger charge is -2.19. The van der Waals surface area contributed by atoms with Crippen molar-refractivity contribution in [2.75, 3.05) is 13.7 Å². The highest BCUT2D eigenvalue weighted by atomic mass is 32.1. The van der Waals surface area contributed by atoms with Crippen molar-refractivity contribution in [2.24, 2.45) is 0 Å². The Morgan fingerprint density at radius 2 is 2.38 bits per heavy atom. The van der Waals surface area contributed by atoms with Gasteiger partial charge in [0.1, 0.15) is 5.75 Å². The second kappa shape index (κ2) is 6.24. The minimum Gasteiger partial charge on any atom is -0.495 e. The molecular formula is C15H18N4OS. The normalized spacial score (nSPS) is 12.7. The van der Waals surface area contributed by atoms with Gasteiger partial charge in [-0.25, -0.2) is 4.98 Å². The van der Waals surface area contributed by atoms with E-state index in [0.717, 1.165) is 34.9 Å². The van der Waals surface area contributed by atoms with Crippen LogP contribution in [0.25, 0.3) is 4.96 Å². The lowest BCUT2D eigenvalue weighted by atomic mass is 10.0. The van der Waals surface area contributed by atoms with Crippen LogP contribution in [-0.4, -0.2) is 28.0 Å². The van der Waals surface area contributed by atoms with Crippen molar-refractivity contribution < 1.29 is 4.74 Å². The number of nitrogens with one attached hydrogen (secondary N) is 1. The number of ether oxygens (including phenoxy) is 1. The van der Waals surface area contributed by atoms with Gasteiger partial charge >= 0.3 is 0 Å². The number of hydrogen-bond acceptors (Lipinski definition) is 5. The van der Waals surface area contributed by atoms with Crippen LogP contribution < -0.4 is 10.1 Å². The number of nitrogens with zero attached hydrogens (tertiary/aromatic N) is 3. The Bertz CT molecular complexity index is 693. The van der Waals surface area contributed by atoms with Gasteiger partial charge in [-0.2, -0.15) is 0 Å². The van der Waals surface area contributed by atoms with Crippen molar-refractivity contribution in [3.8, 4) is 5.75 Å². The van der Waals surface area contributed by atoms with Gasteiger partial charge in [-0.05, 0) is 12.6 Å². The molecule has 21 heavy (non-hydrogen) atoms. The number of rotatable bonds is 6. The lowest BCUT2D eigenvalue weighted by Crippen LogP contribution is -2.23. The van der Waals surface area contributed by atoms with E-state index in [4.69, 9.17) is 4.74 Å². The van der Waals surface area contributed by atoms with Crippen molar-refractivity contribution >= 4 is 16.3 Å². The van der Waals surface area contributed by atoms with Crippen molar-refractivity contribution in [3.05, 3.63) is 47.5 Å². The summed E-state index contributed by atoms with van der Waals surface area (Å²) in [6, 6.07) is 2.17. The molecule has 0 amide bonds. The Labute approximate surface area is 127 Å². The molecule has 6 heteroatoms. The highest BCUT2D eigenvalue weighted by Gasteiger charge is 2.17. The Morgan fingerprint density at radius 1 is 1.48 bits per heavy atom. The molecular weight excluding hydrogens is 284 g/mol. The van der Waals surface area contributed by atoms with Crippen LogP contribution in [0.3, 0.4) is 0 Å². The maximum Gasteiger partial charge on any atom is 0.193 e. The molecule has 1 atom stereocenters. The van der Waals surface area contributed by atoms with E-state index in [-0.39, 0.29) is 6.04 Å². The molecule has 0 saturated carbocycles. The number of thiazole rings is 1. The second-order valence-corrected chi connectivity index (χ2v) is 5.63. The van der Waals surface area contributed by atoms with Crippen LogP contribution in [0.2, 0.25) is 0 Å². The third-order valence-corrected chi connectivity index (χ3v) is 4.19. The first-order valence-electron chi connectivity index (χ1n) is 6.94. The van der Waals surface area contributed by atoms with Gasteiger partial charge in [0.15, 0.2) is 4.96 Å². The number of pyridine rings is 1. The van der Waals surface area contributed by atoms with Crippen LogP contribution in [-0.2, 0) is 6.42 Å². The van der Waals surface area contributed by atoms with Crippen LogP contribution in [0, 0.1) is 0 Å². The number of aromatic nitrogens is 3. The van der Waals surface area contributed by atoms with Crippen molar-refractivity contribution in [1.82, 2.24) is 19.7 Å². The Kier molecular flexibility index (Phi) is 4.17. The van der Waals surface area contributed by atoms with Gasteiger partial charge in [0.25, 0.3) is 0 Å². The van der Waals surface area contributed by atoms with Crippen LogP contribution in [0.5, 0.6) is 5.75 Å². The minimum absolute atomic E-state index is 0.164. The van der Waals surface area contributed by atoms with Gasteiger partial charge in [-0.15, -0.1) is 11.3 Å². The summed E-state index contributed by atoms with van der Waals surface area (Å²) in [5, 5.41) is 5.55. The Balaban J connectivity index is 1.88. The minimum atomic E-state index is 0.164. The molecule has 3 aromatic heterocycles. The van der Waals surface area contributed by atoms with Crippen LogP contribution in [0.4, 0.5) is 0 Å². The molecule has 0 aliphatic carbocycles. The molecule has 0 bridgehead atoms. The molecule has 0 radical (unpaired) electrons. The second-order valence-electron chi connectivity index (χ2n) is 4.76. The fraction of sp³-hybridized carbons (Fsp3) is 0.333. The number of fused-ring (bicyclic) bond motifs is 1. The number of likely N-dealkylation sites (N-methyl/N-ethyl adjacent to an activating group) is 1. The average molecular weight is 302 g/mol. The summed E-state index contributed by atoms with van der Waals surface area (Å²) in [6.45, 7) is 2.99. The van der Waals surface area contributed by atoms with Gasteiger partial charge in [0.05, 0.1) is 19.0 Å². The maximum atomic E-state index is 5.43. The third kappa shape index (κ3) is 2.91. The highest BCUT2D eigenvalue weighted by molar-refractivity contribution is 7.15. The van der Waals surface area contributed by atoms with Crippen LogP contribution in [0.15, 0.2) is 36.2 Å². The van der Waals surface area contributed by atoms with E-state index >= 15 is 0 Å². The molecule has 5 nitrogen and oxygen atoms in total. The van der Waals surface area contributed by atoms with E-state index in [2.05, 4.69) is 32.8 Å². The summed E-state index contributed by atoms with van der Waals surface area (Å²) in [5.41, 5.74) is 2.19. The standard InChI is InChI=1S/C15H18N4OS/c1-3-17-13(12-4-5-16-9-14(12)20-2)8-11-10-19-6-7-21-15(19)18-11/h4-7,9-10,13,17H,3,8H2,1-2H3. The smallest absolute Gasteiger partial charge is 0.193 e. The lowest BCUT2D eigenvalue weighted by molar-refractivity contribution is 0.397. The van der Waals surface area contributed by atoms with Crippen molar-refractivity contribution in [3.63, 3.8) is 0 Å². The molecule has 3 aromatic rings. The first-order valence-corrected chi connectivity index (χ1v) is 7.82. The van der Waals surface area contributed by atoms with Crippen LogP contribution in [0.1, 0.15) is 24.2 Å². The molecule has 110 valence electrons. The first kappa shape index (κ1) is 14.0. The van der Waals surface area contributed by atoms with Crippen LogP contribution >= 0.6 is 11.3 Å². The molecule has 3 heterocycles. The highest BCUT2D eigenvalue weighted by Crippen LogP contribution is 2.26. The van der Waals surface area contributed by atoms with Gasteiger partial charge in [-0.1, -0.05) is 6.92 Å². The molecule has 0 aliphatic rings. The van der Waals surface area contributed by atoms with Gasteiger partial charge in [0, 0.05) is 42.0 Å². The molecule has 0 fully saturated rings. The monoisotopic (exact) mass is 302 g/mol. The summed E-state index contributed by atoms with van der Waals surface area (Å²) in [6.07, 6.45) is 8.50. The quantitative estimate of drug-likeness (QED) is 0.760. The van der Waals surface area contributed by atoms with E-state index in [9.17, 15) is 0 Å². The van der Waals surface area contributed by atoms with Gasteiger partial charge in [-0.3, -0.25) is 9.38 Å². The summed E-state index contributed by atoms with van der Waals surface area (Å²) in [7, 11) is 1.68. The van der Waals surface area contributed by atoms with E-state index in [1.54, 1.807) is 30.8 Å². The summed E-state index contributed by atoms with van der Waals surface area (Å²) >= 11 is 1.65. The molecule has 0 saturated heterocycles. The summed E-state index contributed by atoms with van der Waals surface area (Å²) in [5.74, 6) is 0.810. The fourth-order valence-corrected chi connectivity index (χ4v) is 3.19. The third-order valence-electron chi connectivity index (χ3n) is 3.42. The zero-order chi connectivity index (χ0) is 14.7. The molecule has 3 rings (SSSR count). The van der Waals surface area contributed by atoms with Crippen molar-refractivity contribution in [1.29, 1.82) is 0 Å². The fourth-order valence-electron chi connectivity index (χ4n) is 2.47. The Hall–Kier alpha value is -1.92. The maximum absolute atomic E-state index is 5.43. The van der Waals surface area contributed by atoms with Gasteiger partial charge in [0.2, 0.25) is 0 Å². The topological polar surface area (TPSA) is 51.5 Å². The largest absolute Gasteiger partial charge is 0.495 e. The summed E-state index contributed by atoms with van der Waals surface area (Å²) < 4.78 is 7.49. The van der Waals surface area contributed by atoms with E-state index < -0.39 is 0 Å². The van der Waals surface area contributed by atoms with Crippen molar-refractivity contribution in [2.45, 2.75) is 19.4 Å². The van der Waals surface area contributed by atoms with Gasteiger partial charge < -0.3 is 10.1 Å². The van der Waals surface area contributed by atoms with E-state index in [1.165, 1.54) is 0 Å². The average Bonchev–Trinajstić information content (AvgIpc) is 3.08. The zero-order valence-corrected chi connectivity index (χ0v) is 12.9. The number of imidazole rings is 1. The first-order chi connectivity index (χ1) is 10.3. The van der Waals surface area contributed by atoms with E-state index in [1.807, 2.05) is 17.6 Å². The SMILES string of the molecule is CCNC(Cc1cn2ccsc2n1)c1ccncc1OC. The molecule has 0 aliphatic heterocycles.